The molecule has 0 spiro atoms. The Bertz CT molecular complexity index is 929. The number of aromatic nitrogens is 2. The third-order valence-corrected chi connectivity index (χ3v) is 5.05. The minimum atomic E-state index is -0.331. The van der Waals surface area contributed by atoms with Gasteiger partial charge in [-0.1, -0.05) is 23.5 Å². The second-order valence-electron chi connectivity index (χ2n) is 5.14. The predicted octanol–water partition coefficient (Wildman–Crippen LogP) is 3.51. The van der Waals surface area contributed by atoms with Crippen LogP contribution in [0.25, 0.3) is 11.3 Å². The lowest BCUT2D eigenvalue weighted by molar-refractivity contribution is -0.116. The molecule has 8 heteroatoms. The fourth-order valence-electron chi connectivity index (χ4n) is 2.18. The van der Waals surface area contributed by atoms with Crippen molar-refractivity contribution in [1.29, 1.82) is 0 Å². The molecule has 1 N–H and O–H groups in total. The third-order valence-electron chi connectivity index (χ3n) is 3.41. The molecule has 2 aromatic heterocycles. The van der Waals surface area contributed by atoms with Gasteiger partial charge in [-0.25, -0.2) is 9.37 Å². The number of hydrogen-bond acceptors (Lipinski definition) is 5. The molecule has 3 rings (SSSR count). The van der Waals surface area contributed by atoms with E-state index in [0.717, 1.165) is 17.0 Å². The molecular weight excluding hydrogens is 349 g/mol. The number of hydrogen-bond donors (Lipinski definition) is 1. The van der Waals surface area contributed by atoms with Crippen LogP contribution in [0.1, 0.15) is 12.1 Å². The lowest BCUT2D eigenvalue weighted by Crippen LogP contribution is -2.20. The highest BCUT2D eigenvalue weighted by Gasteiger charge is 2.10. The van der Waals surface area contributed by atoms with Crippen LogP contribution in [0.3, 0.4) is 0 Å². The largest absolute Gasteiger partial charge is 0.307 e. The van der Waals surface area contributed by atoms with Crippen molar-refractivity contribution in [2.24, 2.45) is 0 Å². The van der Waals surface area contributed by atoms with Gasteiger partial charge in [0, 0.05) is 35.0 Å². The quantitative estimate of drug-likeness (QED) is 0.754. The molecule has 0 atom stereocenters. The van der Waals surface area contributed by atoms with Crippen LogP contribution in [0.15, 0.2) is 39.8 Å². The van der Waals surface area contributed by atoms with E-state index in [4.69, 9.17) is 0 Å². The average Bonchev–Trinajstić information content (AvgIpc) is 3.13. The van der Waals surface area contributed by atoms with Gasteiger partial charge in [0.2, 0.25) is 5.91 Å². The van der Waals surface area contributed by atoms with Crippen molar-refractivity contribution in [3.05, 3.63) is 56.2 Å². The van der Waals surface area contributed by atoms with E-state index in [1.807, 2.05) is 6.92 Å². The fraction of sp³-hybridized carbons (Fsp3) is 0.188. The Kier molecular flexibility index (Phi) is 4.86. The molecule has 24 heavy (non-hydrogen) atoms. The summed E-state index contributed by atoms with van der Waals surface area (Å²) in [5.74, 6) is -0.546. The van der Waals surface area contributed by atoms with Crippen molar-refractivity contribution in [2.45, 2.75) is 19.9 Å². The molecule has 0 aliphatic carbocycles. The number of anilines is 1. The maximum Gasteiger partial charge on any atom is 0.307 e. The monoisotopic (exact) mass is 363 g/mol. The standard InChI is InChI=1S/C16H14FN3O2S2/c1-10-8-24-16(22)20(10)6-5-14(21)19-15-18-13(9-23-15)11-3-2-4-12(17)7-11/h2-4,7-9H,5-6H2,1H3,(H,18,19,21). The van der Waals surface area contributed by atoms with E-state index < -0.39 is 0 Å². The zero-order valence-corrected chi connectivity index (χ0v) is 14.4. The molecule has 0 fully saturated rings. The van der Waals surface area contributed by atoms with Gasteiger partial charge in [0.1, 0.15) is 5.82 Å². The van der Waals surface area contributed by atoms with Crippen molar-refractivity contribution < 1.29 is 9.18 Å². The van der Waals surface area contributed by atoms with Gasteiger partial charge >= 0.3 is 4.87 Å². The van der Waals surface area contributed by atoms with E-state index in [0.29, 0.717) is 22.9 Å². The summed E-state index contributed by atoms with van der Waals surface area (Å²) in [4.78, 5) is 27.8. The van der Waals surface area contributed by atoms with Crippen LogP contribution in [0.5, 0.6) is 0 Å². The Morgan fingerprint density at radius 1 is 1.33 bits per heavy atom. The second kappa shape index (κ2) is 7.06. The minimum Gasteiger partial charge on any atom is -0.303 e. The molecule has 1 amide bonds. The summed E-state index contributed by atoms with van der Waals surface area (Å²) in [5.41, 5.74) is 2.12. The van der Waals surface area contributed by atoms with E-state index in [1.54, 1.807) is 27.5 Å². The van der Waals surface area contributed by atoms with Gasteiger partial charge in [0.05, 0.1) is 5.69 Å². The second-order valence-corrected chi connectivity index (χ2v) is 6.82. The summed E-state index contributed by atoms with van der Waals surface area (Å²) in [7, 11) is 0. The molecule has 5 nitrogen and oxygen atoms in total. The fourth-order valence-corrected chi connectivity index (χ4v) is 3.68. The predicted molar refractivity (Wildman–Crippen MR) is 94.1 cm³/mol. The van der Waals surface area contributed by atoms with E-state index in [9.17, 15) is 14.0 Å². The van der Waals surface area contributed by atoms with Crippen LogP contribution in [0.2, 0.25) is 0 Å². The van der Waals surface area contributed by atoms with E-state index in [-0.39, 0.29) is 23.0 Å². The Balaban J connectivity index is 1.62. The number of thiazole rings is 2. The molecule has 1 aromatic carbocycles. The van der Waals surface area contributed by atoms with Crippen molar-refractivity contribution in [1.82, 2.24) is 9.55 Å². The highest BCUT2D eigenvalue weighted by atomic mass is 32.1. The van der Waals surface area contributed by atoms with Crippen molar-refractivity contribution in [2.75, 3.05) is 5.32 Å². The third kappa shape index (κ3) is 3.77. The van der Waals surface area contributed by atoms with Gasteiger partial charge in [-0.15, -0.1) is 11.3 Å². The van der Waals surface area contributed by atoms with E-state index >= 15 is 0 Å². The first kappa shape index (κ1) is 16.5. The minimum absolute atomic E-state index is 0.0667. The Labute approximate surface area is 145 Å². The van der Waals surface area contributed by atoms with Crippen molar-refractivity contribution >= 4 is 33.7 Å². The summed E-state index contributed by atoms with van der Waals surface area (Å²) >= 11 is 2.40. The molecule has 3 aromatic rings. The number of carbonyl (C=O) groups is 1. The van der Waals surface area contributed by atoms with Gasteiger partial charge < -0.3 is 9.88 Å². The lowest BCUT2D eigenvalue weighted by atomic mass is 10.2. The number of nitrogens with zero attached hydrogens (tertiary/aromatic N) is 2. The Morgan fingerprint density at radius 2 is 2.17 bits per heavy atom. The number of halogens is 1. The zero-order chi connectivity index (χ0) is 17.1. The van der Waals surface area contributed by atoms with Crippen LogP contribution in [-0.2, 0) is 11.3 Å². The smallest absolute Gasteiger partial charge is 0.303 e. The summed E-state index contributed by atoms with van der Waals surface area (Å²) in [6, 6.07) is 6.14. The van der Waals surface area contributed by atoms with Gasteiger partial charge in [-0.2, -0.15) is 0 Å². The number of aryl methyl sites for hydroxylation is 1. The molecule has 0 saturated carbocycles. The lowest BCUT2D eigenvalue weighted by Gasteiger charge is -2.04. The van der Waals surface area contributed by atoms with Crippen LogP contribution >= 0.6 is 22.7 Å². The number of carbonyl (C=O) groups excluding carboxylic acids is 1. The summed E-state index contributed by atoms with van der Waals surface area (Å²) in [5, 5.41) is 6.70. The zero-order valence-electron chi connectivity index (χ0n) is 12.8. The van der Waals surface area contributed by atoms with Gasteiger partial charge in [-0.05, 0) is 19.1 Å². The molecule has 2 heterocycles. The highest BCUT2D eigenvalue weighted by Crippen LogP contribution is 2.25. The molecule has 0 bridgehead atoms. The van der Waals surface area contributed by atoms with Gasteiger partial charge in [-0.3, -0.25) is 9.59 Å². The van der Waals surface area contributed by atoms with Crippen molar-refractivity contribution in [3.63, 3.8) is 0 Å². The normalized spacial score (nSPS) is 10.8. The molecule has 124 valence electrons. The molecule has 0 aliphatic heterocycles. The first-order valence-electron chi connectivity index (χ1n) is 7.19. The molecule has 0 unspecified atom stereocenters. The molecule has 0 radical (unpaired) electrons. The summed E-state index contributed by atoms with van der Waals surface area (Å²) in [6.45, 7) is 2.17. The topological polar surface area (TPSA) is 64.0 Å². The molecule has 0 aliphatic rings. The van der Waals surface area contributed by atoms with Gasteiger partial charge in [0.15, 0.2) is 5.13 Å². The van der Waals surface area contributed by atoms with Crippen LogP contribution in [-0.4, -0.2) is 15.5 Å². The van der Waals surface area contributed by atoms with Crippen LogP contribution in [0, 0.1) is 12.7 Å². The number of amides is 1. The van der Waals surface area contributed by atoms with E-state index in [1.165, 1.54) is 23.5 Å². The maximum atomic E-state index is 13.2. The molecule has 0 saturated heterocycles. The summed E-state index contributed by atoms with van der Waals surface area (Å²) in [6.07, 6.45) is 0.187. The Morgan fingerprint density at radius 3 is 2.88 bits per heavy atom. The number of nitrogens with one attached hydrogen (secondary N) is 1. The first-order chi connectivity index (χ1) is 11.5. The Hall–Kier alpha value is -2.32. The number of rotatable bonds is 5. The first-order valence-corrected chi connectivity index (χ1v) is 8.95. The van der Waals surface area contributed by atoms with Crippen LogP contribution in [0.4, 0.5) is 9.52 Å². The van der Waals surface area contributed by atoms with Crippen LogP contribution < -0.4 is 10.2 Å². The maximum absolute atomic E-state index is 13.2. The van der Waals surface area contributed by atoms with Crippen molar-refractivity contribution in [3.8, 4) is 11.3 Å². The van der Waals surface area contributed by atoms with Gasteiger partial charge in [0.25, 0.3) is 0 Å². The SMILES string of the molecule is Cc1csc(=O)n1CCC(=O)Nc1nc(-c2cccc(F)c2)cs1. The summed E-state index contributed by atoms with van der Waals surface area (Å²) < 4.78 is 14.8. The molecular formula is C16H14FN3O2S2. The average molecular weight is 363 g/mol. The highest BCUT2D eigenvalue weighted by molar-refractivity contribution is 7.14. The number of benzene rings is 1. The van der Waals surface area contributed by atoms with E-state index in [2.05, 4.69) is 10.3 Å².